The zero-order valence-electron chi connectivity index (χ0n) is 16.2. The first-order chi connectivity index (χ1) is 14.4. The lowest BCUT2D eigenvalue weighted by Crippen LogP contribution is -2.14. The van der Waals surface area contributed by atoms with Gasteiger partial charge in [0.2, 0.25) is 5.16 Å². The molecule has 0 saturated heterocycles. The second-order valence-electron chi connectivity index (χ2n) is 6.65. The number of aryl methyl sites for hydroxylation is 2. The molecule has 1 N–H and O–H groups in total. The molecule has 0 aliphatic heterocycles. The van der Waals surface area contributed by atoms with Crippen LogP contribution in [-0.4, -0.2) is 25.5 Å². The Hall–Kier alpha value is -2.61. The van der Waals surface area contributed by atoms with Crippen molar-refractivity contribution in [1.82, 2.24) is 19.6 Å². The van der Waals surface area contributed by atoms with Crippen molar-refractivity contribution in [3.63, 3.8) is 0 Å². The number of thioether (sulfide) groups is 1. The van der Waals surface area contributed by atoms with E-state index in [-0.39, 0.29) is 5.91 Å². The minimum absolute atomic E-state index is 0.258. The molecule has 0 radical (unpaired) electrons. The molecule has 0 atom stereocenters. The summed E-state index contributed by atoms with van der Waals surface area (Å²) >= 11 is 13.7. The van der Waals surface area contributed by atoms with Gasteiger partial charge in [0.05, 0.1) is 15.7 Å². The summed E-state index contributed by atoms with van der Waals surface area (Å²) in [7, 11) is 0. The van der Waals surface area contributed by atoms with E-state index in [0.29, 0.717) is 38.0 Å². The average Bonchev–Trinajstić information content (AvgIpc) is 3.13. The average molecular weight is 458 g/mol. The van der Waals surface area contributed by atoms with Crippen LogP contribution in [0.25, 0.3) is 5.78 Å². The lowest BCUT2D eigenvalue weighted by Gasteiger charge is -2.11. The quantitative estimate of drug-likeness (QED) is 0.395. The van der Waals surface area contributed by atoms with Gasteiger partial charge in [0, 0.05) is 22.7 Å². The Morgan fingerprint density at radius 1 is 1.10 bits per heavy atom. The number of carbonyl (C=O) groups excluding carboxylic acids is 1. The van der Waals surface area contributed by atoms with Crippen LogP contribution >= 0.6 is 35.0 Å². The van der Waals surface area contributed by atoms with Gasteiger partial charge in [-0.1, -0.05) is 59.2 Å². The van der Waals surface area contributed by atoms with Crippen LogP contribution in [0.2, 0.25) is 10.0 Å². The molecule has 0 unspecified atom stereocenters. The van der Waals surface area contributed by atoms with Gasteiger partial charge in [0.1, 0.15) is 0 Å². The molecule has 2 aromatic heterocycles. The van der Waals surface area contributed by atoms with Crippen molar-refractivity contribution < 1.29 is 4.79 Å². The highest BCUT2D eigenvalue weighted by Crippen LogP contribution is 2.30. The van der Waals surface area contributed by atoms with Gasteiger partial charge in [-0.2, -0.15) is 4.98 Å². The van der Waals surface area contributed by atoms with E-state index in [1.54, 1.807) is 28.8 Å². The molecule has 2 aromatic carbocycles. The van der Waals surface area contributed by atoms with Gasteiger partial charge in [0.15, 0.2) is 0 Å². The Balaban J connectivity index is 1.54. The molecule has 0 fully saturated rings. The van der Waals surface area contributed by atoms with Crippen molar-refractivity contribution in [1.29, 1.82) is 0 Å². The molecule has 2 heterocycles. The van der Waals surface area contributed by atoms with Gasteiger partial charge in [-0.3, -0.25) is 4.79 Å². The molecule has 0 bridgehead atoms. The third-order valence-corrected chi connectivity index (χ3v) is 6.12. The van der Waals surface area contributed by atoms with Crippen LogP contribution in [0.1, 0.15) is 27.3 Å². The standard InChI is InChI=1S/C21H17Cl2N5OS/c1-12-10-13(2)28-20(24-12)26-21(27-28)30-11-14-6-3-4-7-15(14)19(29)25-17-9-5-8-16(22)18(17)23/h3-10H,11H2,1-2H3,(H,25,29). The van der Waals surface area contributed by atoms with Gasteiger partial charge < -0.3 is 5.32 Å². The molecule has 0 aliphatic carbocycles. The monoisotopic (exact) mass is 457 g/mol. The molecule has 152 valence electrons. The van der Waals surface area contributed by atoms with Crippen molar-refractivity contribution in [2.24, 2.45) is 0 Å². The Kier molecular flexibility index (Phi) is 5.94. The third kappa shape index (κ3) is 4.28. The van der Waals surface area contributed by atoms with Crippen LogP contribution in [0, 0.1) is 13.8 Å². The van der Waals surface area contributed by atoms with Gasteiger partial charge in [-0.15, -0.1) is 5.10 Å². The zero-order valence-corrected chi connectivity index (χ0v) is 18.5. The SMILES string of the molecule is Cc1cc(C)n2nc(SCc3ccccc3C(=O)Nc3cccc(Cl)c3Cl)nc2n1. The number of nitrogens with zero attached hydrogens (tertiary/aromatic N) is 4. The molecular weight excluding hydrogens is 441 g/mol. The van der Waals surface area contributed by atoms with Crippen molar-refractivity contribution in [2.45, 2.75) is 24.8 Å². The van der Waals surface area contributed by atoms with E-state index in [1.165, 1.54) is 11.8 Å². The minimum atomic E-state index is -0.258. The van der Waals surface area contributed by atoms with Crippen molar-refractivity contribution in [3.8, 4) is 0 Å². The van der Waals surface area contributed by atoms with Crippen LogP contribution in [0.15, 0.2) is 53.7 Å². The number of nitrogens with one attached hydrogen (secondary N) is 1. The summed E-state index contributed by atoms with van der Waals surface area (Å²) in [5.74, 6) is 0.838. The first-order valence-electron chi connectivity index (χ1n) is 9.09. The third-order valence-electron chi connectivity index (χ3n) is 4.42. The number of hydrogen-bond acceptors (Lipinski definition) is 5. The summed E-state index contributed by atoms with van der Waals surface area (Å²) in [4.78, 5) is 21.8. The minimum Gasteiger partial charge on any atom is -0.321 e. The summed E-state index contributed by atoms with van der Waals surface area (Å²) in [6.07, 6.45) is 0. The van der Waals surface area contributed by atoms with E-state index >= 15 is 0 Å². The van der Waals surface area contributed by atoms with Crippen LogP contribution in [-0.2, 0) is 5.75 Å². The highest BCUT2D eigenvalue weighted by atomic mass is 35.5. The normalized spacial score (nSPS) is 11.1. The summed E-state index contributed by atoms with van der Waals surface area (Å²) in [5, 5.41) is 8.63. The number of hydrogen-bond donors (Lipinski definition) is 1. The van der Waals surface area contributed by atoms with E-state index < -0.39 is 0 Å². The summed E-state index contributed by atoms with van der Waals surface area (Å²) in [5.41, 5.74) is 3.74. The van der Waals surface area contributed by atoms with Crippen LogP contribution < -0.4 is 5.32 Å². The molecule has 0 aliphatic rings. The largest absolute Gasteiger partial charge is 0.321 e. The number of benzene rings is 2. The molecule has 6 nitrogen and oxygen atoms in total. The van der Waals surface area contributed by atoms with E-state index in [2.05, 4.69) is 20.4 Å². The lowest BCUT2D eigenvalue weighted by molar-refractivity contribution is 0.102. The molecule has 4 aromatic rings. The molecule has 0 spiro atoms. The van der Waals surface area contributed by atoms with Crippen LogP contribution in [0.3, 0.4) is 0 Å². The zero-order chi connectivity index (χ0) is 21.3. The van der Waals surface area contributed by atoms with Gasteiger partial charge in [-0.25, -0.2) is 9.50 Å². The van der Waals surface area contributed by atoms with Crippen molar-refractivity contribution in [2.75, 3.05) is 5.32 Å². The van der Waals surface area contributed by atoms with E-state index in [1.807, 2.05) is 38.1 Å². The second kappa shape index (κ2) is 8.63. The molecule has 30 heavy (non-hydrogen) atoms. The number of fused-ring (bicyclic) bond motifs is 1. The number of carbonyl (C=O) groups is 1. The topological polar surface area (TPSA) is 72.2 Å². The highest BCUT2D eigenvalue weighted by molar-refractivity contribution is 7.98. The Morgan fingerprint density at radius 3 is 2.73 bits per heavy atom. The van der Waals surface area contributed by atoms with E-state index in [9.17, 15) is 4.79 Å². The predicted molar refractivity (Wildman–Crippen MR) is 121 cm³/mol. The second-order valence-corrected chi connectivity index (χ2v) is 8.37. The van der Waals surface area contributed by atoms with Crippen LogP contribution in [0.5, 0.6) is 0 Å². The Bertz CT molecular complexity index is 1260. The van der Waals surface area contributed by atoms with Crippen molar-refractivity contribution >= 4 is 52.3 Å². The number of rotatable bonds is 5. The van der Waals surface area contributed by atoms with E-state index in [0.717, 1.165) is 17.0 Å². The Morgan fingerprint density at radius 2 is 1.90 bits per heavy atom. The summed E-state index contributed by atoms with van der Waals surface area (Å²) in [6, 6.07) is 14.5. The predicted octanol–water partition coefficient (Wildman–Crippen LogP) is 5.59. The van der Waals surface area contributed by atoms with Gasteiger partial charge in [-0.05, 0) is 43.7 Å². The maximum Gasteiger partial charge on any atom is 0.256 e. The first kappa shape index (κ1) is 20.7. The molecule has 4 rings (SSSR count). The number of anilines is 1. The molecule has 0 saturated carbocycles. The van der Waals surface area contributed by atoms with Crippen molar-refractivity contribution in [3.05, 3.63) is 81.1 Å². The molecular formula is C21H17Cl2N5OS. The number of aromatic nitrogens is 4. The maximum absolute atomic E-state index is 12.9. The molecule has 1 amide bonds. The lowest BCUT2D eigenvalue weighted by atomic mass is 10.1. The first-order valence-corrected chi connectivity index (χ1v) is 10.8. The number of halogens is 2. The van der Waals surface area contributed by atoms with Crippen LogP contribution in [0.4, 0.5) is 5.69 Å². The maximum atomic E-state index is 12.9. The fourth-order valence-corrected chi connectivity index (χ4v) is 4.18. The summed E-state index contributed by atoms with van der Waals surface area (Å²) < 4.78 is 1.72. The smallest absolute Gasteiger partial charge is 0.256 e. The fourth-order valence-electron chi connectivity index (χ4n) is 3.01. The summed E-state index contributed by atoms with van der Waals surface area (Å²) in [6.45, 7) is 3.89. The van der Waals surface area contributed by atoms with E-state index in [4.69, 9.17) is 23.2 Å². The molecule has 9 heteroatoms. The Labute approximate surface area is 187 Å². The van der Waals surface area contributed by atoms with Gasteiger partial charge in [0.25, 0.3) is 11.7 Å². The fraction of sp³-hybridized carbons (Fsp3) is 0.143. The number of amides is 1. The highest BCUT2D eigenvalue weighted by Gasteiger charge is 2.15. The van der Waals surface area contributed by atoms with Gasteiger partial charge >= 0.3 is 0 Å².